The summed E-state index contributed by atoms with van der Waals surface area (Å²) in [4.78, 5) is 13.6. The summed E-state index contributed by atoms with van der Waals surface area (Å²) in [5, 5.41) is 4.79. The van der Waals surface area contributed by atoms with E-state index in [2.05, 4.69) is 38.7 Å². The molecule has 0 aromatic carbocycles. The predicted molar refractivity (Wildman–Crippen MR) is 96.6 cm³/mol. The Kier molecular flexibility index (Phi) is 3.92. The number of nitrogens with zero attached hydrogens (tertiary/aromatic N) is 4. The number of rotatable bonds is 3. The third-order valence-corrected chi connectivity index (χ3v) is 5.12. The van der Waals surface area contributed by atoms with Crippen molar-refractivity contribution in [2.45, 2.75) is 52.0 Å². The van der Waals surface area contributed by atoms with Crippen LogP contribution in [0.4, 0.5) is 5.82 Å². The van der Waals surface area contributed by atoms with Gasteiger partial charge in [-0.2, -0.15) is 0 Å². The predicted octanol–water partition coefficient (Wildman–Crippen LogP) is 4.18. The van der Waals surface area contributed by atoms with Gasteiger partial charge in [0.25, 0.3) is 0 Å². The van der Waals surface area contributed by atoms with Gasteiger partial charge in [0.2, 0.25) is 0 Å². The van der Waals surface area contributed by atoms with Crippen molar-refractivity contribution in [2.75, 3.05) is 5.32 Å². The van der Waals surface area contributed by atoms with Crippen LogP contribution in [-0.4, -0.2) is 25.6 Å². The first-order chi connectivity index (χ1) is 11.8. The Morgan fingerprint density at radius 1 is 1.04 bits per heavy atom. The molecule has 3 aromatic rings. The number of hydrogen-bond donors (Lipinski definition) is 1. The van der Waals surface area contributed by atoms with Gasteiger partial charge in [0, 0.05) is 17.9 Å². The molecule has 5 heteroatoms. The maximum Gasteiger partial charge on any atom is 0.151 e. The first-order valence-electron chi connectivity index (χ1n) is 8.76. The van der Waals surface area contributed by atoms with Gasteiger partial charge in [0.1, 0.15) is 18.0 Å². The molecule has 1 aliphatic carbocycles. The van der Waals surface area contributed by atoms with E-state index in [9.17, 15) is 0 Å². The van der Waals surface area contributed by atoms with E-state index in [0.29, 0.717) is 6.04 Å². The van der Waals surface area contributed by atoms with E-state index >= 15 is 0 Å². The van der Waals surface area contributed by atoms with Gasteiger partial charge in [0.15, 0.2) is 5.65 Å². The van der Waals surface area contributed by atoms with E-state index in [1.54, 1.807) is 6.33 Å². The van der Waals surface area contributed by atoms with E-state index < -0.39 is 0 Å². The molecule has 0 radical (unpaired) electrons. The van der Waals surface area contributed by atoms with Gasteiger partial charge in [-0.25, -0.2) is 15.0 Å². The van der Waals surface area contributed by atoms with Crippen LogP contribution in [0.1, 0.15) is 43.4 Å². The van der Waals surface area contributed by atoms with Crippen LogP contribution < -0.4 is 5.32 Å². The summed E-state index contributed by atoms with van der Waals surface area (Å²) in [6.45, 7) is 4.27. The number of nitrogens with one attached hydrogen (secondary N) is 1. The van der Waals surface area contributed by atoms with Gasteiger partial charge >= 0.3 is 0 Å². The number of hydrogen-bond acceptors (Lipinski definition) is 4. The molecule has 0 unspecified atom stereocenters. The van der Waals surface area contributed by atoms with Crippen molar-refractivity contribution in [1.29, 1.82) is 0 Å². The molecule has 24 heavy (non-hydrogen) atoms. The zero-order chi connectivity index (χ0) is 16.5. The average Bonchev–Trinajstić information content (AvgIpc) is 2.88. The molecule has 4 rings (SSSR count). The topological polar surface area (TPSA) is 55.6 Å². The maximum atomic E-state index is 4.56. The van der Waals surface area contributed by atoms with Crippen molar-refractivity contribution in [2.24, 2.45) is 0 Å². The van der Waals surface area contributed by atoms with Gasteiger partial charge in [-0.15, -0.1) is 0 Å². The zero-order valence-electron chi connectivity index (χ0n) is 14.3. The van der Waals surface area contributed by atoms with Crippen molar-refractivity contribution in [1.82, 2.24) is 19.5 Å². The van der Waals surface area contributed by atoms with Crippen LogP contribution in [0, 0.1) is 13.8 Å². The minimum absolute atomic E-state index is 0.523. The number of aryl methyl sites for hydroxylation is 1. The summed E-state index contributed by atoms with van der Waals surface area (Å²) < 4.78 is 2.12. The van der Waals surface area contributed by atoms with Crippen molar-refractivity contribution in [3.63, 3.8) is 0 Å². The third-order valence-electron chi connectivity index (χ3n) is 5.12. The largest absolute Gasteiger partial charge is 0.367 e. The lowest BCUT2D eigenvalue weighted by Gasteiger charge is -2.23. The molecule has 0 bridgehead atoms. The minimum atomic E-state index is 0.523. The lowest BCUT2D eigenvalue weighted by molar-refractivity contribution is 0.462. The molecular formula is C19H23N5. The number of anilines is 1. The fourth-order valence-electron chi connectivity index (χ4n) is 3.71. The number of pyridine rings is 1. The Bertz CT molecular complexity index is 847. The Morgan fingerprint density at radius 3 is 2.62 bits per heavy atom. The average molecular weight is 321 g/mol. The molecule has 1 fully saturated rings. The SMILES string of the molecule is Cc1c(C)n(-c2ccccn2)c2ncnc(NC3CCCCC3)c12. The van der Waals surface area contributed by atoms with Crippen molar-refractivity contribution in [3.05, 3.63) is 42.0 Å². The lowest BCUT2D eigenvalue weighted by Crippen LogP contribution is -2.23. The summed E-state index contributed by atoms with van der Waals surface area (Å²) in [5.74, 6) is 1.86. The van der Waals surface area contributed by atoms with E-state index in [1.165, 1.54) is 37.7 Å². The second-order valence-electron chi connectivity index (χ2n) is 6.63. The van der Waals surface area contributed by atoms with Crippen molar-refractivity contribution in [3.8, 4) is 5.82 Å². The van der Waals surface area contributed by atoms with Crippen LogP contribution in [0.3, 0.4) is 0 Å². The maximum absolute atomic E-state index is 4.56. The molecule has 3 heterocycles. The molecule has 124 valence electrons. The zero-order valence-corrected chi connectivity index (χ0v) is 14.3. The Hall–Kier alpha value is -2.43. The van der Waals surface area contributed by atoms with E-state index in [0.717, 1.165) is 28.4 Å². The van der Waals surface area contributed by atoms with E-state index in [-0.39, 0.29) is 0 Å². The first kappa shape index (κ1) is 15.1. The molecule has 0 atom stereocenters. The lowest BCUT2D eigenvalue weighted by atomic mass is 9.95. The van der Waals surface area contributed by atoms with Crippen molar-refractivity contribution >= 4 is 16.9 Å². The third kappa shape index (κ3) is 2.54. The normalized spacial score (nSPS) is 15.8. The number of fused-ring (bicyclic) bond motifs is 1. The van der Waals surface area contributed by atoms with Gasteiger partial charge in [-0.05, 0) is 44.4 Å². The molecule has 0 saturated heterocycles. The molecule has 1 aliphatic rings. The first-order valence-corrected chi connectivity index (χ1v) is 8.76. The van der Waals surface area contributed by atoms with Crippen LogP contribution in [-0.2, 0) is 0 Å². The van der Waals surface area contributed by atoms with E-state index in [1.807, 2.05) is 24.4 Å². The Morgan fingerprint density at radius 2 is 1.88 bits per heavy atom. The molecule has 0 spiro atoms. The molecule has 0 amide bonds. The molecule has 3 aromatic heterocycles. The van der Waals surface area contributed by atoms with Gasteiger partial charge in [-0.1, -0.05) is 25.3 Å². The van der Waals surface area contributed by atoms with E-state index in [4.69, 9.17) is 0 Å². The summed E-state index contributed by atoms with van der Waals surface area (Å²) in [7, 11) is 0. The highest BCUT2D eigenvalue weighted by molar-refractivity contribution is 5.93. The molecule has 1 saturated carbocycles. The fourth-order valence-corrected chi connectivity index (χ4v) is 3.71. The van der Waals surface area contributed by atoms with Crippen molar-refractivity contribution < 1.29 is 0 Å². The van der Waals surface area contributed by atoms with Gasteiger partial charge in [-0.3, -0.25) is 4.57 Å². The molecular weight excluding hydrogens is 298 g/mol. The van der Waals surface area contributed by atoms with Crippen LogP contribution in [0.5, 0.6) is 0 Å². The summed E-state index contributed by atoms with van der Waals surface area (Å²) in [5.41, 5.74) is 3.31. The smallest absolute Gasteiger partial charge is 0.151 e. The molecule has 5 nitrogen and oxygen atoms in total. The quantitative estimate of drug-likeness (QED) is 0.786. The standard InChI is InChI=1S/C19H23N5/c1-13-14(2)24(16-10-6-7-11-20-16)19-17(13)18(21-12-22-19)23-15-8-4-3-5-9-15/h6-7,10-12,15H,3-5,8-9H2,1-2H3,(H,21,22,23). The van der Waals surface area contributed by atoms with Crippen LogP contribution in [0.2, 0.25) is 0 Å². The highest BCUT2D eigenvalue weighted by atomic mass is 15.1. The van der Waals surface area contributed by atoms with Gasteiger partial charge < -0.3 is 5.32 Å². The highest BCUT2D eigenvalue weighted by Crippen LogP contribution is 2.32. The molecule has 1 N–H and O–H groups in total. The second kappa shape index (κ2) is 6.23. The van der Waals surface area contributed by atoms with Crippen LogP contribution in [0.15, 0.2) is 30.7 Å². The summed E-state index contributed by atoms with van der Waals surface area (Å²) in [6, 6.07) is 6.48. The number of aromatic nitrogens is 4. The monoisotopic (exact) mass is 321 g/mol. The Labute approximate surface area is 142 Å². The summed E-state index contributed by atoms with van der Waals surface area (Å²) in [6.07, 6.45) is 9.89. The van der Waals surface area contributed by atoms with Gasteiger partial charge in [0.05, 0.1) is 5.39 Å². The summed E-state index contributed by atoms with van der Waals surface area (Å²) >= 11 is 0. The van der Waals surface area contributed by atoms with Crippen LogP contribution >= 0.6 is 0 Å². The fraction of sp³-hybridized carbons (Fsp3) is 0.421. The second-order valence-corrected chi connectivity index (χ2v) is 6.63. The molecule has 0 aliphatic heterocycles. The van der Waals surface area contributed by atoms with Crippen LogP contribution in [0.25, 0.3) is 16.9 Å². The highest BCUT2D eigenvalue weighted by Gasteiger charge is 2.20. The Balaban J connectivity index is 1.83. The minimum Gasteiger partial charge on any atom is -0.367 e.